The van der Waals surface area contributed by atoms with Gasteiger partial charge in [0.1, 0.15) is 28.1 Å². The summed E-state index contributed by atoms with van der Waals surface area (Å²) >= 11 is 1.04. The monoisotopic (exact) mass is 581 g/mol. The second kappa shape index (κ2) is 12.4. The minimum atomic E-state index is -4.77. The van der Waals surface area contributed by atoms with Gasteiger partial charge in [-0.1, -0.05) is 18.2 Å². The number of para-hydroxylation sites is 1. The van der Waals surface area contributed by atoms with Crippen LogP contribution in [0.5, 0.6) is 5.75 Å². The fraction of sp³-hybridized carbons (Fsp3) is 0.385. The molecule has 10 nitrogen and oxygen atoms in total. The molecule has 40 heavy (non-hydrogen) atoms. The van der Waals surface area contributed by atoms with Crippen LogP contribution in [0.4, 0.5) is 18.0 Å². The van der Waals surface area contributed by atoms with Gasteiger partial charge in [0, 0.05) is 23.1 Å². The summed E-state index contributed by atoms with van der Waals surface area (Å²) in [6.07, 6.45) is -5.52. The molecule has 2 heterocycles. The van der Waals surface area contributed by atoms with Gasteiger partial charge in [-0.25, -0.2) is 9.48 Å². The lowest BCUT2D eigenvalue weighted by molar-refractivity contribution is -0.141. The molecule has 0 unspecified atom stereocenters. The number of aromatic nitrogens is 2. The largest absolute Gasteiger partial charge is 0.496 e. The van der Waals surface area contributed by atoms with Crippen LogP contribution in [-0.4, -0.2) is 46.4 Å². The molecule has 216 valence electrons. The van der Waals surface area contributed by atoms with E-state index in [0.29, 0.717) is 22.3 Å². The zero-order valence-electron chi connectivity index (χ0n) is 22.5. The summed E-state index contributed by atoms with van der Waals surface area (Å²) in [7, 11) is 1.47. The third-order valence-corrected chi connectivity index (χ3v) is 6.34. The number of hydrogen-bond acceptors (Lipinski definition) is 7. The maximum atomic E-state index is 13.5. The molecule has 1 atom stereocenters. The average Bonchev–Trinajstić information content (AvgIpc) is 3.52. The number of alkyl carbamates (subject to hydrolysis) is 1. The molecule has 0 bridgehead atoms. The lowest BCUT2D eigenvalue weighted by Gasteiger charge is -2.21. The Bertz CT molecular complexity index is 1360. The first kappa shape index (κ1) is 30.5. The maximum Gasteiger partial charge on any atom is 0.435 e. The summed E-state index contributed by atoms with van der Waals surface area (Å²) in [4.78, 5) is 37.8. The van der Waals surface area contributed by atoms with Crippen molar-refractivity contribution in [1.29, 1.82) is 0 Å². The number of amides is 3. The number of nitrogens with zero attached hydrogens (tertiary/aromatic N) is 2. The molecule has 0 saturated heterocycles. The van der Waals surface area contributed by atoms with Crippen molar-refractivity contribution in [3.63, 3.8) is 0 Å². The number of methoxy groups -OCH3 is 1. The second-order valence-electron chi connectivity index (χ2n) is 9.64. The van der Waals surface area contributed by atoms with E-state index in [2.05, 4.69) is 21.0 Å². The molecular weight excluding hydrogens is 551 g/mol. The number of benzene rings is 1. The lowest BCUT2D eigenvalue weighted by atomic mass is 10.2. The molecule has 0 radical (unpaired) electrons. The highest BCUT2D eigenvalue weighted by molar-refractivity contribution is 7.14. The lowest BCUT2D eigenvalue weighted by Crippen LogP contribution is -2.46. The topological polar surface area (TPSA) is 124 Å². The van der Waals surface area contributed by atoms with E-state index in [-0.39, 0.29) is 23.8 Å². The first-order chi connectivity index (χ1) is 18.7. The summed E-state index contributed by atoms with van der Waals surface area (Å²) < 4.78 is 51.7. The van der Waals surface area contributed by atoms with Gasteiger partial charge in [-0.2, -0.15) is 18.3 Å². The summed E-state index contributed by atoms with van der Waals surface area (Å²) in [5.41, 5.74) is -1.61. The molecule has 0 saturated carbocycles. The van der Waals surface area contributed by atoms with E-state index >= 15 is 0 Å². The predicted molar refractivity (Wildman–Crippen MR) is 141 cm³/mol. The van der Waals surface area contributed by atoms with Crippen molar-refractivity contribution in [3.8, 4) is 10.8 Å². The van der Waals surface area contributed by atoms with E-state index in [1.54, 1.807) is 51.1 Å². The number of ether oxygens (including phenoxy) is 2. The molecule has 0 aliphatic carbocycles. The van der Waals surface area contributed by atoms with Crippen molar-refractivity contribution in [3.05, 3.63) is 64.3 Å². The number of carbonyl (C=O) groups excluding carboxylic acids is 3. The molecule has 0 aliphatic heterocycles. The van der Waals surface area contributed by atoms with E-state index in [4.69, 9.17) is 9.47 Å². The van der Waals surface area contributed by atoms with Gasteiger partial charge < -0.3 is 25.4 Å². The van der Waals surface area contributed by atoms with Crippen LogP contribution in [0.2, 0.25) is 0 Å². The molecule has 0 fully saturated rings. The van der Waals surface area contributed by atoms with E-state index in [9.17, 15) is 27.6 Å². The molecule has 3 rings (SSSR count). The molecule has 0 spiro atoms. The van der Waals surface area contributed by atoms with Crippen LogP contribution in [0.25, 0.3) is 5.00 Å². The van der Waals surface area contributed by atoms with Crippen molar-refractivity contribution < 1.29 is 37.0 Å². The standard InChI is InChI=1S/C26H30F3N5O5S/c1-15(32-24(37)39-25(2,3)4)22(35)31-14-17-10-11-21(40-17)34-18(12-20(33-34)26(27,28)29)23(36)30-13-16-8-6-7-9-19(16)38-5/h6-12,15H,13-14H2,1-5H3,(H,30,36)(H,31,35)(H,32,37)/t15-/m0/s1. The van der Waals surface area contributed by atoms with Gasteiger partial charge in [-0.3, -0.25) is 9.59 Å². The van der Waals surface area contributed by atoms with Crippen LogP contribution < -0.4 is 20.7 Å². The molecule has 14 heteroatoms. The first-order valence-electron chi connectivity index (χ1n) is 12.1. The van der Waals surface area contributed by atoms with Gasteiger partial charge in [0.15, 0.2) is 5.69 Å². The first-order valence-corrected chi connectivity index (χ1v) is 12.9. The molecule has 1 aromatic carbocycles. The minimum absolute atomic E-state index is 0.0205. The van der Waals surface area contributed by atoms with Crippen molar-refractivity contribution >= 4 is 29.2 Å². The molecule has 3 amide bonds. The number of hydrogen-bond donors (Lipinski definition) is 3. The van der Waals surface area contributed by atoms with Gasteiger partial charge in [-0.15, -0.1) is 11.3 Å². The summed E-state index contributed by atoms with van der Waals surface area (Å²) in [6, 6.07) is 9.81. The Morgan fingerprint density at radius 1 is 1.05 bits per heavy atom. The summed E-state index contributed by atoms with van der Waals surface area (Å²) in [5, 5.41) is 11.6. The number of thiophene rings is 1. The number of alkyl halides is 3. The van der Waals surface area contributed by atoms with Gasteiger partial charge >= 0.3 is 12.3 Å². The number of nitrogens with one attached hydrogen (secondary N) is 3. The van der Waals surface area contributed by atoms with Crippen molar-refractivity contribution in [2.24, 2.45) is 0 Å². The fourth-order valence-corrected chi connectivity index (χ4v) is 4.33. The molecular formula is C26H30F3N5O5S. The van der Waals surface area contributed by atoms with Gasteiger partial charge in [0.2, 0.25) is 5.91 Å². The third-order valence-electron chi connectivity index (χ3n) is 5.28. The number of carbonyl (C=O) groups is 3. The normalized spacial score (nSPS) is 12.4. The third kappa shape index (κ3) is 8.21. The molecule has 3 N–H and O–H groups in total. The van der Waals surface area contributed by atoms with Crippen LogP contribution in [-0.2, 0) is 28.8 Å². The van der Waals surface area contributed by atoms with Crippen LogP contribution in [0.15, 0.2) is 42.5 Å². The molecule has 0 aliphatic rings. The Hall–Kier alpha value is -4.07. The summed E-state index contributed by atoms with van der Waals surface area (Å²) in [5.74, 6) is -0.734. The van der Waals surface area contributed by atoms with Gasteiger partial charge in [0.25, 0.3) is 5.91 Å². The number of rotatable bonds is 9. The van der Waals surface area contributed by atoms with E-state index in [1.807, 2.05) is 0 Å². The highest BCUT2D eigenvalue weighted by Crippen LogP contribution is 2.31. The minimum Gasteiger partial charge on any atom is -0.496 e. The van der Waals surface area contributed by atoms with E-state index in [1.165, 1.54) is 20.1 Å². The zero-order chi connectivity index (χ0) is 29.7. The molecule has 3 aromatic rings. The van der Waals surface area contributed by atoms with Crippen LogP contribution >= 0.6 is 11.3 Å². The molecule has 2 aromatic heterocycles. The Balaban J connectivity index is 1.72. The highest BCUT2D eigenvalue weighted by Gasteiger charge is 2.36. The maximum absolute atomic E-state index is 13.5. The van der Waals surface area contributed by atoms with Gasteiger partial charge in [0.05, 0.1) is 13.7 Å². The summed E-state index contributed by atoms with van der Waals surface area (Å²) in [6.45, 7) is 6.62. The van der Waals surface area contributed by atoms with Crippen molar-refractivity contribution in [1.82, 2.24) is 25.7 Å². The Morgan fingerprint density at radius 3 is 2.40 bits per heavy atom. The fourth-order valence-electron chi connectivity index (χ4n) is 3.42. The van der Waals surface area contributed by atoms with Gasteiger partial charge in [-0.05, 0) is 45.9 Å². The van der Waals surface area contributed by atoms with Crippen LogP contribution in [0.1, 0.15) is 54.3 Å². The highest BCUT2D eigenvalue weighted by atomic mass is 32.1. The SMILES string of the molecule is COc1ccccc1CNC(=O)c1cc(C(F)(F)F)nn1-c1ccc(CNC(=O)[C@H](C)NC(=O)OC(C)(C)C)s1. The van der Waals surface area contributed by atoms with E-state index < -0.39 is 41.4 Å². The Morgan fingerprint density at radius 2 is 1.75 bits per heavy atom. The average molecular weight is 582 g/mol. The predicted octanol–water partition coefficient (Wildman–Crippen LogP) is 4.42. The smallest absolute Gasteiger partial charge is 0.435 e. The Kier molecular flexibility index (Phi) is 9.45. The van der Waals surface area contributed by atoms with Crippen molar-refractivity contribution in [2.45, 2.75) is 58.6 Å². The number of halogens is 3. The van der Waals surface area contributed by atoms with Crippen LogP contribution in [0.3, 0.4) is 0 Å². The van der Waals surface area contributed by atoms with Crippen LogP contribution in [0, 0.1) is 0 Å². The quantitative estimate of drug-likeness (QED) is 0.344. The van der Waals surface area contributed by atoms with Crippen molar-refractivity contribution in [2.75, 3.05) is 7.11 Å². The second-order valence-corrected chi connectivity index (χ2v) is 10.8. The Labute approximate surface area is 232 Å². The van der Waals surface area contributed by atoms with E-state index in [0.717, 1.165) is 16.0 Å². The zero-order valence-corrected chi connectivity index (χ0v) is 23.3.